The molecule has 1 aromatic heterocycles. The first-order valence-electron chi connectivity index (χ1n) is 9.93. The minimum atomic E-state index is -0.286. The molecule has 0 spiro atoms. The monoisotopic (exact) mass is 399 g/mol. The van der Waals surface area contributed by atoms with E-state index in [4.69, 9.17) is 4.74 Å². The molecule has 1 aliphatic heterocycles. The lowest BCUT2D eigenvalue weighted by atomic mass is 10.1. The highest BCUT2D eigenvalue weighted by molar-refractivity contribution is 5.97. The van der Waals surface area contributed by atoms with Crippen LogP contribution in [0.15, 0.2) is 24.3 Å². The fourth-order valence-corrected chi connectivity index (χ4v) is 3.48. The van der Waals surface area contributed by atoms with Gasteiger partial charge in [0.25, 0.3) is 11.8 Å². The predicted molar refractivity (Wildman–Crippen MR) is 110 cm³/mol. The minimum absolute atomic E-state index is 0.221. The Hall–Kier alpha value is -2.87. The number of amides is 2. The van der Waals surface area contributed by atoms with Gasteiger partial charge < -0.3 is 24.8 Å². The van der Waals surface area contributed by atoms with Gasteiger partial charge >= 0.3 is 0 Å². The first kappa shape index (κ1) is 20.9. The second-order valence-corrected chi connectivity index (χ2v) is 7.39. The van der Waals surface area contributed by atoms with Crippen LogP contribution in [0.25, 0.3) is 0 Å². The number of ether oxygens (including phenoxy) is 1. The maximum Gasteiger partial charge on any atom is 0.287 e. The Kier molecular flexibility index (Phi) is 6.87. The van der Waals surface area contributed by atoms with Crippen LogP contribution in [-0.2, 0) is 19.5 Å². The van der Waals surface area contributed by atoms with Gasteiger partial charge in [-0.25, -0.2) is 4.98 Å². The van der Waals surface area contributed by atoms with E-state index in [0.29, 0.717) is 31.2 Å². The van der Waals surface area contributed by atoms with Crippen LogP contribution in [0.3, 0.4) is 0 Å². The number of carbonyl (C=O) groups is 2. The molecule has 0 aliphatic carbocycles. The average Bonchev–Trinajstić information content (AvgIpc) is 3.12. The standard InChI is InChI=1S/C21H29N5O3/c1-25(2)13-11-22-20(27)18-16-9-6-7-12-26(16)19(24-18)21(28)23-14-15-8-4-5-10-17(15)29-3/h4-5,8,10H,6-7,9,11-14H2,1-3H3,(H,22,27)(H,23,28). The molecule has 0 saturated carbocycles. The summed E-state index contributed by atoms with van der Waals surface area (Å²) in [5.74, 6) is 0.513. The Morgan fingerprint density at radius 3 is 2.72 bits per heavy atom. The first-order chi connectivity index (χ1) is 14.0. The molecule has 2 aromatic rings. The number of imidazole rings is 1. The number of rotatable bonds is 8. The van der Waals surface area contributed by atoms with Crippen molar-refractivity contribution in [2.24, 2.45) is 0 Å². The molecule has 2 amide bonds. The second-order valence-electron chi connectivity index (χ2n) is 7.39. The smallest absolute Gasteiger partial charge is 0.287 e. The van der Waals surface area contributed by atoms with Crippen LogP contribution >= 0.6 is 0 Å². The normalized spacial score (nSPS) is 13.1. The molecule has 0 bridgehead atoms. The van der Waals surface area contributed by atoms with Crippen LogP contribution in [0.5, 0.6) is 5.75 Å². The topological polar surface area (TPSA) is 88.5 Å². The quantitative estimate of drug-likeness (QED) is 0.701. The van der Waals surface area contributed by atoms with Crippen molar-refractivity contribution in [1.29, 1.82) is 0 Å². The van der Waals surface area contributed by atoms with E-state index in [-0.39, 0.29) is 11.8 Å². The van der Waals surface area contributed by atoms with Crippen molar-refractivity contribution in [1.82, 2.24) is 25.1 Å². The molecule has 1 aromatic carbocycles. The van der Waals surface area contributed by atoms with Crippen LogP contribution in [0, 0.1) is 0 Å². The molecule has 29 heavy (non-hydrogen) atoms. The van der Waals surface area contributed by atoms with E-state index in [2.05, 4.69) is 15.6 Å². The number of aromatic nitrogens is 2. The molecule has 156 valence electrons. The zero-order chi connectivity index (χ0) is 20.8. The molecule has 2 N–H and O–H groups in total. The molecule has 3 rings (SSSR count). The van der Waals surface area contributed by atoms with Gasteiger partial charge in [-0.2, -0.15) is 0 Å². The molecule has 8 nitrogen and oxygen atoms in total. The summed E-state index contributed by atoms with van der Waals surface area (Å²) in [6.45, 7) is 2.31. The van der Waals surface area contributed by atoms with Gasteiger partial charge in [-0.3, -0.25) is 9.59 Å². The highest BCUT2D eigenvalue weighted by Crippen LogP contribution is 2.22. The van der Waals surface area contributed by atoms with Gasteiger partial charge in [0.1, 0.15) is 11.4 Å². The highest BCUT2D eigenvalue weighted by Gasteiger charge is 2.27. The lowest BCUT2D eigenvalue weighted by molar-refractivity contribution is 0.0934. The molecule has 1 aliphatic rings. The van der Waals surface area contributed by atoms with Gasteiger partial charge in [0, 0.05) is 31.7 Å². The SMILES string of the molecule is COc1ccccc1CNC(=O)c1nc(C(=O)NCCN(C)C)c2n1CCCC2. The number of methoxy groups -OCH3 is 1. The number of likely N-dealkylation sites (N-methyl/N-ethyl adjacent to an activating group) is 1. The number of nitrogens with one attached hydrogen (secondary N) is 2. The number of nitrogens with zero attached hydrogens (tertiary/aromatic N) is 3. The maximum absolute atomic E-state index is 12.9. The zero-order valence-electron chi connectivity index (χ0n) is 17.3. The maximum atomic E-state index is 12.9. The summed E-state index contributed by atoms with van der Waals surface area (Å²) < 4.78 is 7.23. The van der Waals surface area contributed by atoms with E-state index in [1.807, 2.05) is 47.8 Å². The van der Waals surface area contributed by atoms with Gasteiger partial charge in [0.2, 0.25) is 0 Å². The molecule has 0 atom stereocenters. The second kappa shape index (κ2) is 9.56. The van der Waals surface area contributed by atoms with Crippen molar-refractivity contribution in [3.8, 4) is 5.75 Å². The Bertz CT molecular complexity index is 875. The van der Waals surface area contributed by atoms with E-state index in [0.717, 1.165) is 42.8 Å². The third-order valence-electron chi connectivity index (χ3n) is 5.01. The summed E-state index contributed by atoms with van der Waals surface area (Å²) in [4.78, 5) is 31.9. The van der Waals surface area contributed by atoms with E-state index < -0.39 is 0 Å². The summed E-state index contributed by atoms with van der Waals surface area (Å²) >= 11 is 0. The molecular weight excluding hydrogens is 370 g/mol. The van der Waals surface area contributed by atoms with Gasteiger partial charge in [0.15, 0.2) is 5.82 Å². The van der Waals surface area contributed by atoms with E-state index in [9.17, 15) is 9.59 Å². The van der Waals surface area contributed by atoms with E-state index in [1.54, 1.807) is 7.11 Å². The zero-order valence-corrected chi connectivity index (χ0v) is 17.3. The molecule has 8 heteroatoms. The summed E-state index contributed by atoms with van der Waals surface area (Å²) in [5.41, 5.74) is 2.10. The van der Waals surface area contributed by atoms with Crippen molar-refractivity contribution in [2.75, 3.05) is 34.3 Å². The third kappa shape index (κ3) is 4.95. The van der Waals surface area contributed by atoms with Gasteiger partial charge in [-0.1, -0.05) is 18.2 Å². The van der Waals surface area contributed by atoms with Crippen LogP contribution in [0.1, 0.15) is 45.2 Å². The molecule has 0 radical (unpaired) electrons. The molecular formula is C21H29N5O3. The molecule has 0 unspecified atom stereocenters. The summed E-state index contributed by atoms with van der Waals surface area (Å²) in [6.07, 6.45) is 2.72. The van der Waals surface area contributed by atoms with Crippen LogP contribution in [0.2, 0.25) is 0 Å². The highest BCUT2D eigenvalue weighted by atomic mass is 16.5. The van der Waals surface area contributed by atoms with Crippen molar-refractivity contribution >= 4 is 11.8 Å². The van der Waals surface area contributed by atoms with Gasteiger partial charge in [-0.15, -0.1) is 0 Å². The minimum Gasteiger partial charge on any atom is -0.496 e. The fraction of sp³-hybridized carbons (Fsp3) is 0.476. The van der Waals surface area contributed by atoms with Crippen molar-refractivity contribution in [2.45, 2.75) is 32.4 Å². The molecule has 0 saturated heterocycles. The summed E-state index contributed by atoms with van der Waals surface area (Å²) in [5, 5.41) is 5.81. The van der Waals surface area contributed by atoms with E-state index in [1.165, 1.54) is 0 Å². The number of hydrogen-bond donors (Lipinski definition) is 2. The van der Waals surface area contributed by atoms with Crippen molar-refractivity contribution in [3.05, 3.63) is 47.0 Å². The predicted octanol–water partition coefficient (Wildman–Crippen LogP) is 1.45. The molecule has 2 heterocycles. The first-order valence-corrected chi connectivity index (χ1v) is 9.93. The number of benzene rings is 1. The Balaban J connectivity index is 1.75. The number of carbonyl (C=O) groups excluding carboxylic acids is 2. The summed E-state index contributed by atoms with van der Waals surface area (Å²) in [7, 11) is 5.51. The van der Waals surface area contributed by atoms with Crippen LogP contribution in [0.4, 0.5) is 0 Å². The average molecular weight is 399 g/mol. The van der Waals surface area contributed by atoms with Gasteiger partial charge in [-0.05, 0) is 39.4 Å². The Morgan fingerprint density at radius 1 is 1.17 bits per heavy atom. The van der Waals surface area contributed by atoms with Crippen molar-refractivity contribution in [3.63, 3.8) is 0 Å². The van der Waals surface area contributed by atoms with E-state index >= 15 is 0 Å². The van der Waals surface area contributed by atoms with Crippen LogP contribution in [-0.4, -0.2) is 60.6 Å². The lowest BCUT2D eigenvalue weighted by Crippen LogP contribution is -2.32. The largest absolute Gasteiger partial charge is 0.496 e. The van der Waals surface area contributed by atoms with Crippen molar-refractivity contribution < 1.29 is 14.3 Å². The number of hydrogen-bond acceptors (Lipinski definition) is 5. The Labute approximate surface area is 171 Å². The lowest BCUT2D eigenvalue weighted by Gasteiger charge is -2.17. The fourth-order valence-electron chi connectivity index (χ4n) is 3.48. The third-order valence-corrected chi connectivity index (χ3v) is 5.01. The molecule has 0 fully saturated rings. The van der Waals surface area contributed by atoms with Gasteiger partial charge in [0.05, 0.1) is 12.8 Å². The number of fused-ring (bicyclic) bond motifs is 1. The summed E-state index contributed by atoms with van der Waals surface area (Å²) in [6, 6.07) is 7.55. The Morgan fingerprint density at radius 2 is 1.97 bits per heavy atom. The van der Waals surface area contributed by atoms with Crippen LogP contribution < -0.4 is 15.4 Å². The number of para-hydroxylation sites is 1.